The van der Waals surface area contributed by atoms with Crippen LogP contribution in [0.2, 0.25) is 5.02 Å². The van der Waals surface area contributed by atoms with Gasteiger partial charge >= 0.3 is 0 Å². The Morgan fingerprint density at radius 1 is 1.28 bits per heavy atom. The van der Waals surface area contributed by atoms with Crippen molar-refractivity contribution < 1.29 is 17.6 Å². The van der Waals surface area contributed by atoms with E-state index >= 15 is 0 Å². The van der Waals surface area contributed by atoms with Crippen LogP contribution in [-0.4, -0.2) is 31.7 Å². The van der Waals surface area contributed by atoms with Gasteiger partial charge in [-0.1, -0.05) is 17.7 Å². The zero-order valence-electron chi connectivity index (χ0n) is 13.1. The van der Waals surface area contributed by atoms with Crippen LogP contribution in [0.1, 0.15) is 12.8 Å². The molecule has 1 saturated heterocycles. The maximum atomic E-state index is 13.7. The molecule has 0 saturated carbocycles. The minimum absolute atomic E-state index is 0.0335. The number of rotatable bonds is 4. The Morgan fingerprint density at radius 3 is 2.64 bits per heavy atom. The predicted octanol–water partition coefficient (Wildman–Crippen LogP) is 3.58. The third-order valence-electron chi connectivity index (χ3n) is 4.10. The highest BCUT2D eigenvalue weighted by molar-refractivity contribution is 7.91. The number of nitrogens with zero attached hydrogens (tertiary/aromatic N) is 1. The number of anilines is 1. The van der Waals surface area contributed by atoms with Crippen molar-refractivity contribution in [1.82, 2.24) is 4.31 Å². The fraction of sp³-hybridized carbons (Fsp3) is 0.312. The third-order valence-corrected chi connectivity index (χ3v) is 7.61. The number of halogens is 2. The summed E-state index contributed by atoms with van der Waals surface area (Å²) in [5, 5.41) is 4.58. The molecule has 1 aliphatic rings. The second-order valence-electron chi connectivity index (χ2n) is 5.72. The summed E-state index contributed by atoms with van der Waals surface area (Å²) >= 11 is 6.99. The first-order valence-corrected chi connectivity index (χ1v) is 10.4. The average Bonchev–Trinajstić information content (AvgIpc) is 3.13. The molecule has 1 N–H and O–H groups in total. The van der Waals surface area contributed by atoms with Crippen LogP contribution in [0, 0.1) is 11.7 Å². The summed E-state index contributed by atoms with van der Waals surface area (Å²) < 4.78 is 40.3. The molecule has 25 heavy (non-hydrogen) atoms. The van der Waals surface area contributed by atoms with Crippen LogP contribution >= 0.6 is 22.9 Å². The number of piperidine rings is 1. The van der Waals surface area contributed by atoms with Gasteiger partial charge in [-0.25, -0.2) is 12.8 Å². The van der Waals surface area contributed by atoms with E-state index in [2.05, 4.69) is 5.32 Å². The Kier molecular flexibility index (Phi) is 5.43. The number of sulfonamides is 1. The van der Waals surface area contributed by atoms with E-state index in [9.17, 15) is 17.6 Å². The number of amides is 1. The first-order chi connectivity index (χ1) is 11.9. The first-order valence-electron chi connectivity index (χ1n) is 7.67. The Bertz CT molecular complexity index is 864. The fourth-order valence-electron chi connectivity index (χ4n) is 2.72. The van der Waals surface area contributed by atoms with Crippen molar-refractivity contribution in [2.75, 3.05) is 18.4 Å². The molecule has 134 valence electrons. The van der Waals surface area contributed by atoms with Gasteiger partial charge in [0.05, 0.1) is 5.69 Å². The Morgan fingerprint density at radius 2 is 2.00 bits per heavy atom. The molecule has 0 bridgehead atoms. The van der Waals surface area contributed by atoms with Crippen molar-refractivity contribution in [3.63, 3.8) is 0 Å². The van der Waals surface area contributed by atoms with Gasteiger partial charge in [-0.3, -0.25) is 4.79 Å². The summed E-state index contributed by atoms with van der Waals surface area (Å²) in [4.78, 5) is 12.3. The maximum absolute atomic E-state index is 13.7. The van der Waals surface area contributed by atoms with Crippen LogP contribution < -0.4 is 5.32 Å². The highest BCUT2D eigenvalue weighted by Crippen LogP contribution is 2.27. The molecule has 0 unspecified atom stereocenters. The van der Waals surface area contributed by atoms with Gasteiger partial charge in [0.25, 0.3) is 10.0 Å². The Labute approximate surface area is 154 Å². The van der Waals surface area contributed by atoms with E-state index in [1.807, 2.05) is 0 Å². The summed E-state index contributed by atoms with van der Waals surface area (Å²) in [6.45, 7) is 0.521. The van der Waals surface area contributed by atoms with Gasteiger partial charge in [-0.15, -0.1) is 11.3 Å². The fourth-order valence-corrected chi connectivity index (χ4v) is 5.51. The van der Waals surface area contributed by atoms with Crippen LogP contribution in [0.25, 0.3) is 0 Å². The summed E-state index contributed by atoms with van der Waals surface area (Å²) in [6, 6.07) is 7.21. The van der Waals surface area contributed by atoms with Gasteiger partial charge in [0.2, 0.25) is 5.91 Å². The van der Waals surface area contributed by atoms with Crippen molar-refractivity contribution in [2.45, 2.75) is 17.1 Å². The van der Waals surface area contributed by atoms with Crippen molar-refractivity contribution >= 4 is 44.6 Å². The number of carbonyl (C=O) groups excluding carboxylic acids is 1. The van der Waals surface area contributed by atoms with E-state index in [0.717, 1.165) is 0 Å². The first kappa shape index (κ1) is 18.3. The molecule has 1 fully saturated rings. The average molecular weight is 403 g/mol. The Hall–Kier alpha value is -1.48. The summed E-state index contributed by atoms with van der Waals surface area (Å²) in [5.41, 5.74) is 0.0335. The zero-order chi connectivity index (χ0) is 18.0. The maximum Gasteiger partial charge on any atom is 0.252 e. The number of carbonyl (C=O) groups is 1. The van der Waals surface area contributed by atoms with E-state index in [4.69, 9.17) is 11.6 Å². The summed E-state index contributed by atoms with van der Waals surface area (Å²) in [6.07, 6.45) is 0.775. The second kappa shape index (κ2) is 7.41. The third kappa shape index (κ3) is 4.03. The molecule has 9 heteroatoms. The standard InChI is InChI=1S/C16H16ClFN2O3S2/c17-12-3-4-13(18)14(10-12)19-16(21)11-5-7-20(8-6-11)25(22,23)15-2-1-9-24-15/h1-4,9-11H,5-8H2,(H,19,21). The lowest BCUT2D eigenvalue weighted by molar-refractivity contribution is -0.120. The highest BCUT2D eigenvalue weighted by atomic mass is 35.5. The molecule has 1 aromatic carbocycles. The summed E-state index contributed by atoms with van der Waals surface area (Å²) in [5.74, 6) is -1.25. The smallest absolute Gasteiger partial charge is 0.252 e. The lowest BCUT2D eigenvalue weighted by Crippen LogP contribution is -2.41. The van der Waals surface area contributed by atoms with Crippen molar-refractivity contribution in [2.24, 2.45) is 5.92 Å². The van der Waals surface area contributed by atoms with Crippen LogP contribution in [0.5, 0.6) is 0 Å². The molecule has 2 aromatic rings. The molecule has 3 rings (SSSR count). The topological polar surface area (TPSA) is 66.5 Å². The SMILES string of the molecule is O=C(Nc1cc(Cl)ccc1F)C1CCN(S(=O)(=O)c2cccs2)CC1. The van der Waals surface area contributed by atoms with Crippen molar-refractivity contribution in [3.05, 3.63) is 46.6 Å². The van der Waals surface area contributed by atoms with Crippen LogP contribution in [-0.2, 0) is 14.8 Å². The van der Waals surface area contributed by atoms with Gasteiger partial charge < -0.3 is 5.32 Å². The van der Waals surface area contributed by atoms with Gasteiger partial charge in [0.1, 0.15) is 10.0 Å². The number of benzene rings is 1. The molecule has 0 radical (unpaired) electrons. The van der Waals surface area contributed by atoms with Gasteiger partial charge in [0.15, 0.2) is 0 Å². The molecule has 1 aromatic heterocycles. The molecule has 0 atom stereocenters. The van der Waals surface area contributed by atoms with E-state index in [1.54, 1.807) is 17.5 Å². The van der Waals surface area contributed by atoms with Crippen molar-refractivity contribution in [3.8, 4) is 0 Å². The Balaban J connectivity index is 1.62. The monoisotopic (exact) mass is 402 g/mol. The molecule has 2 heterocycles. The molecule has 0 spiro atoms. The van der Waals surface area contributed by atoms with E-state index in [0.29, 0.717) is 22.1 Å². The minimum atomic E-state index is -3.50. The van der Waals surface area contributed by atoms with E-state index in [-0.39, 0.29) is 30.6 Å². The van der Waals surface area contributed by atoms with Crippen LogP contribution in [0.15, 0.2) is 39.9 Å². The predicted molar refractivity (Wildman–Crippen MR) is 95.8 cm³/mol. The molecular formula is C16H16ClFN2O3S2. The van der Waals surface area contributed by atoms with Crippen LogP contribution in [0.3, 0.4) is 0 Å². The number of thiophene rings is 1. The van der Waals surface area contributed by atoms with Gasteiger partial charge in [-0.05, 0) is 42.5 Å². The lowest BCUT2D eigenvalue weighted by atomic mass is 9.97. The highest BCUT2D eigenvalue weighted by Gasteiger charge is 2.32. The largest absolute Gasteiger partial charge is 0.323 e. The molecule has 0 aliphatic carbocycles. The number of hydrogen-bond acceptors (Lipinski definition) is 4. The number of hydrogen-bond donors (Lipinski definition) is 1. The quantitative estimate of drug-likeness (QED) is 0.849. The molecule has 5 nitrogen and oxygen atoms in total. The van der Waals surface area contributed by atoms with E-state index in [1.165, 1.54) is 33.8 Å². The summed E-state index contributed by atoms with van der Waals surface area (Å²) in [7, 11) is -3.50. The van der Waals surface area contributed by atoms with Gasteiger partial charge in [0, 0.05) is 24.0 Å². The lowest BCUT2D eigenvalue weighted by Gasteiger charge is -2.30. The van der Waals surface area contributed by atoms with E-state index < -0.39 is 15.8 Å². The zero-order valence-corrected chi connectivity index (χ0v) is 15.5. The molecular weight excluding hydrogens is 387 g/mol. The second-order valence-corrected chi connectivity index (χ2v) is 9.27. The normalized spacial score (nSPS) is 16.7. The van der Waals surface area contributed by atoms with Crippen molar-refractivity contribution in [1.29, 1.82) is 0 Å². The van der Waals surface area contributed by atoms with Crippen LogP contribution in [0.4, 0.5) is 10.1 Å². The molecule has 1 aliphatic heterocycles. The number of nitrogens with one attached hydrogen (secondary N) is 1. The molecule has 1 amide bonds. The minimum Gasteiger partial charge on any atom is -0.323 e. The van der Waals surface area contributed by atoms with Gasteiger partial charge in [-0.2, -0.15) is 4.31 Å².